The Hall–Kier alpha value is -1.60. The first kappa shape index (κ1) is 17.2. The Morgan fingerprint density at radius 1 is 1.29 bits per heavy atom. The van der Waals surface area contributed by atoms with E-state index in [0.29, 0.717) is 25.2 Å². The number of alkyl halides is 3. The number of fused-ring (bicyclic) bond motifs is 3. The van der Waals surface area contributed by atoms with Crippen LogP contribution in [0.4, 0.5) is 18.0 Å². The van der Waals surface area contributed by atoms with Crippen LogP contribution in [0, 0.1) is 0 Å². The van der Waals surface area contributed by atoms with Gasteiger partial charge in [-0.2, -0.15) is 18.0 Å². The van der Waals surface area contributed by atoms with Gasteiger partial charge >= 0.3 is 12.3 Å². The van der Waals surface area contributed by atoms with Crippen molar-refractivity contribution in [1.29, 1.82) is 0 Å². The van der Waals surface area contributed by atoms with Gasteiger partial charge in [-0.1, -0.05) is 12.1 Å². The van der Waals surface area contributed by atoms with E-state index in [9.17, 15) is 18.0 Å². The molecule has 132 valence electrons. The quantitative estimate of drug-likeness (QED) is 0.731. The van der Waals surface area contributed by atoms with Crippen molar-refractivity contribution < 1.29 is 27.2 Å². The monoisotopic (exact) mass is 343 g/mol. The largest absolute Gasteiger partial charge is 0.517 e. The molecule has 4 nitrogen and oxygen atoms in total. The van der Waals surface area contributed by atoms with Crippen LogP contribution in [0.5, 0.6) is 0 Å². The van der Waals surface area contributed by atoms with Crippen molar-refractivity contribution in [2.45, 2.75) is 45.1 Å². The summed E-state index contributed by atoms with van der Waals surface area (Å²) < 4.78 is 45.6. The number of hydrogen-bond acceptors (Lipinski definition) is 3. The molecule has 0 aliphatic carbocycles. The maximum atomic E-state index is 13.4. The number of nitrogens with zero attached hydrogens (tertiary/aromatic N) is 1. The summed E-state index contributed by atoms with van der Waals surface area (Å²) in [5.74, 6) is 0. The summed E-state index contributed by atoms with van der Waals surface area (Å²) in [4.78, 5) is 12.9. The van der Waals surface area contributed by atoms with E-state index in [4.69, 9.17) is 4.74 Å². The molecule has 0 spiro atoms. The molecule has 1 unspecified atom stereocenters. The maximum absolute atomic E-state index is 13.4. The molecular weight excluding hydrogens is 321 g/mol. The predicted molar refractivity (Wildman–Crippen MR) is 82.1 cm³/mol. The maximum Gasteiger partial charge on any atom is 0.517 e. The molecule has 2 heterocycles. The average Bonchev–Trinajstić information content (AvgIpc) is 2.80. The van der Waals surface area contributed by atoms with Crippen LogP contribution in [-0.4, -0.2) is 35.8 Å². The van der Waals surface area contributed by atoms with Crippen molar-refractivity contribution in [3.05, 3.63) is 34.9 Å². The lowest BCUT2D eigenvalue weighted by atomic mass is 9.99. The fraction of sp³-hybridized carbons (Fsp3) is 0.588. The summed E-state index contributed by atoms with van der Waals surface area (Å²) in [6.07, 6.45) is -4.87. The van der Waals surface area contributed by atoms with Crippen molar-refractivity contribution in [1.82, 2.24) is 5.32 Å². The van der Waals surface area contributed by atoms with Gasteiger partial charge in [-0.05, 0) is 26.8 Å². The van der Waals surface area contributed by atoms with Crippen LogP contribution in [-0.2, 0) is 17.5 Å². The summed E-state index contributed by atoms with van der Waals surface area (Å²) in [7, 11) is 0. The van der Waals surface area contributed by atoms with E-state index in [1.54, 1.807) is 26.8 Å². The number of amides is 1. The molecule has 1 fully saturated rings. The normalized spacial score (nSPS) is 26.7. The van der Waals surface area contributed by atoms with Gasteiger partial charge in [0.2, 0.25) is 0 Å². The minimum Gasteiger partial charge on any atom is -0.414 e. The first-order chi connectivity index (χ1) is 11.0. The van der Waals surface area contributed by atoms with Crippen LogP contribution in [0.2, 0.25) is 0 Å². The Kier molecular flexibility index (Phi) is 3.92. The molecule has 2 atom stereocenters. The number of carbonyl (C=O) groups excluding carboxylic acids is 1. The molecule has 0 radical (unpaired) electrons. The minimum atomic E-state index is -4.43. The molecule has 0 bridgehead atoms. The van der Waals surface area contributed by atoms with Crippen molar-refractivity contribution in [2.75, 3.05) is 19.6 Å². The molecule has 1 aromatic carbocycles. The van der Waals surface area contributed by atoms with Crippen LogP contribution < -0.4 is 5.32 Å². The van der Waals surface area contributed by atoms with Gasteiger partial charge in [0.1, 0.15) is 24.7 Å². The topological polar surface area (TPSA) is 38.3 Å². The smallest absolute Gasteiger partial charge is 0.414 e. The van der Waals surface area contributed by atoms with Crippen molar-refractivity contribution >= 4 is 6.09 Å². The van der Waals surface area contributed by atoms with Crippen LogP contribution >= 0.6 is 0 Å². The van der Waals surface area contributed by atoms with Gasteiger partial charge in [-0.3, -0.25) is 0 Å². The molecule has 1 saturated heterocycles. The molecule has 7 heteroatoms. The third kappa shape index (κ3) is 2.80. The highest BCUT2D eigenvalue weighted by atomic mass is 19.4. The van der Waals surface area contributed by atoms with Gasteiger partial charge in [-0.15, -0.1) is 0 Å². The molecule has 0 aromatic heterocycles. The fourth-order valence-corrected chi connectivity index (χ4v) is 3.69. The number of benzene rings is 1. The zero-order valence-electron chi connectivity index (χ0n) is 14.0. The summed E-state index contributed by atoms with van der Waals surface area (Å²) >= 11 is 0. The highest BCUT2D eigenvalue weighted by Gasteiger charge is 2.56. The molecule has 1 N–H and O–H groups in total. The van der Waals surface area contributed by atoms with E-state index in [-0.39, 0.29) is 22.6 Å². The Morgan fingerprint density at radius 2 is 2.00 bits per heavy atom. The highest BCUT2D eigenvalue weighted by molar-refractivity contribution is 5.62. The zero-order chi connectivity index (χ0) is 17.8. The van der Waals surface area contributed by atoms with Crippen molar-refractivity contribution in [3.8, 4) is 0 Å². The summed E-state index contributed by atoms with van der Waals surface area (Å²) in [6, 6.07) is 3.87. The second kappa shape index (κ2) is 5.46. The number of hydrogen-bond donors (Lipinski definition) is 1. The molecule has 2 aliphatic heterocycles. The molecule has 1 aromatic rings. The molecular formula is C17H22F3N2O2+. The predicted octanol–water partition coefficient (Wildman–Crippen LogP) is 3.62. The van der Waals surface area contributed by atoms with E-state index in [2.05, 4.69) is 5.32 Å². The number of ether oxygens (including phenoxy) is 1. The number of quaternary nitrogens is 1. The molecule has 0 saturated carbocycles. The minimum absolute atomic E-state index is 0.0340. The zero-order valence-corrected chi connectivity index (χ0v) is 14.0. The number of rotatable bonds is 0. The van der Waals surface area contributed by atoms with Gasteiger partial charge < -0.3 is 10.1 Å². The van der Waals surface area contributed by atoms with E-state index in [1.165, 1.54) is 6.07 Å². The lowest BCUT2D eigenvalue weighted by molar-refractivity contribution is -0.897. The van der Waals surface area contributed by atoms with Crippen LogP contribution in [0.25, 0.3) is 0 Å². The Morgan fingerprint density at radius 3 is 2.62 bits per heavy atom. The lowest BCUT2D eigenvalue weighted by Gasteiger charge is -2.41. The number of piperazine rings is 1. The average molecular weight is 343 g/mol. The van der Waals surface area contributed by atoms with E-state index >= 15 is 0 Å². The molecule has 2 aliphatic rings. The van der Waals surface area contributed by atoms with Gasteiger partial charge in [0.25, 0.3) is 0 Å². The van der Waals surface area contributed by atoms with Gasteiger partial charge in [0.15, 0.2) is 0 Å². The number of nitrogens with one attached hydrogen (secondary N) is 1. The Labute approximate surface area is 139 Å². The van der Waals surface area contributed by atoms with Crippen molar-refractivity contribution in [2.24, 2.45) is 0 Å². The second-order valence-electron chi connectivity index (χ2n) is 7.49. The fourth-order valence-electron chi connectivity index (χ4n) is 3.69. The third-order valence-electron chi connectivity index (χ3n) is 4.70. The third-order valence-corrected chi connectivity index (χ3v) is 4.70. The molecule has 24 heavy (non-hydrogen) atoms. The molecule has 3 rings (SSSR count). The van der Waals surface area contributed by atoms with E-state index < -0.39 is 23.4 Å². The number of halogens is 3. The van der Waals surface area contributed by atoms with Crippen LogP contribution in [0.3, 0.4) is 0 Å². The van der Waals surface area contributed by atoms with E-state index in [0.717, 1.165) is 6.07 Å². The van der Waals surface area contributed by atoms with Crippen LogP contribution in [0.1, 0.15) is 43.5 Å². The summed E-state index contributed by atoms with van der Waals surface area (Å²) in [5.41, 5.74) is -0.496. The lowest BCUT2D eigenvalue weighted by Crippen LogP contribution is -2.61. The summed E-state index contributed by atoms with van der Waals surface area (Å²) in [5, 5.41) is 3.19. The first-order valence-corrected chi connectivity index (χ1v) is 8.05. The SMILES string of the molecule is CC(C)(C)OC(=O)[N@+]12CCNCC1c1cccc(C(F)(F)F)c1C2. The Bertz CT molecular complexity index is 667. The molecule has 1 amide bonds. The standard InChI is InChI=1S/C17H22F3N2O2/c1-16(2,3)24-15(23)22-8-7-21-9-14(22)11-5-4-6-13(12(11)10-22)17(18,19)20/h4-6,14,21H,7-10H2,1-3H3/q+1/t14?,22-/m0/s1. The van der Waals surface area contributed by atoms with E-state index in [1.807, 2.05) is 0 Å². The first-order valence-electron chi connectivity index (χ1n) is 8.05. The Balaban J connectivity index is 2.06. The highest BCUT2D eigenvalue weighted by Crippen LogP contribution is 2.47. The second-order valence-corrected chi connectivity index (χ2v) is 7.49. The van der Waals surface area contributed by atoms with Gasteiger partial charge in [-0.25, -0.2) is 4.48 Å². The van der Waals surface area contributed by atoms with Crippen molar-refractivity contribution in [3.63, 3.8) is 0 Å². The van der Waals surface area contributed by atoms with Crippen LogP contribution in [0.15, 0.2) is 18.2 Å². The number of carbonyl (C=O) groups is 1. The summed E-state index contributed by atoms with van der Waals surface area (Å²) in [6.45, 7) is 6.80. The van der Waals surface area contributed by atoms with Gasteiger partial charge in [0.05, 0.1) is 12.1 Å². The van der Waals surface area contributed by atoms with Gasteiger partial charge in [0, 0.05) is 17.7 Å².